The lowest BCUT2D eigenvalue weighted by atomic mass is 10.1. The van der Waals surface area contributed by atoms with Gasteiger partial charge in [-0.15, -0.1) is 0 Å². The van der Waals surface area contributed by atoms with Crippen LogP contribution in [0.3, 0.4) is 0 Å². The van der Waals surface area contributed by atoms with Crippen LogP contribution in [0, 0.1) is 0 Å². The molecule has 1 aromatic heterocycles. The Kier molecular flexibility index (Phi) is 4.56. The molecular formula is C17H20BrN3. The Morgan fingerprint density at radius 1 is 1.33 bits per heavy atom. The van der Waals surface area contributed by atoms with Crippen molar-refractivity contribution in [1.29, 1.82) is 0 Å². The quantitative estimate of drug-likeness (QED) is 0.864. The second-order valence-electron chi connectivity index (χ2n) is 5.65. The third-order valence-corrected chi connectivity index (χ3v) is 4.25. The van der Waals surface area contributed by atoms with E-state index < -0.39 is 0 Å². The van der Waals surface area contributed by atoms with Gasteiger partial charge in [-0.3, -0.25) is 4.98 Å². The van der Waals surface area contributed by atoms with Crippen molar-refractivity contribution in [2.24, 2.45) is 0 Å². The van der Waals surface area contributed by atoms with E-state index in [-0.39, 0.29) is 0 Å². The van der Waals surface area contributed by atoms with Gasteiger partial charge in [0.1, 0.15) is 0 Å². The van der Waals surface area contributed by atoms with Crippen molar-refractivity contribution in [3.05, 3.63) is 58.3 Å². The summed E-state index contributed by atoms with van der Waals surface area (Å²) in [5, 5.41) is 3.60. The van der Waals surface area contributed by atoms with Gasteiger partial charge in [0.15, 0.2) is 0 Å². The average molecular weight is 346 g/mol. The van der Waals surface area contributed by atoms with Gasteiger partial charge >= 0.3 is 0 Å². The van der Waals surface area contributed by atoms with E-state index in [1.165, 1.54) is 29.7 Å². The fraction of sp³-hybridized carbons (Fsp3) is 0.353. The maximum atomic E-state index is 4.19. The second-order valence-corrected chi connectivity index (χ2v) is 6.56. The zero-order valence-corrected chi connectivity index (χ0v) is 13.8. The molecule has 1 fully saturated rings. The Labute approximate surface area is 134 Å². The minimum absolute atomic E-state index is 0.723. The molecule has 1 aliphatic rings. The minimum Gasteiger partial charge on any atom is -0.370 e. The van der Waals surface area contributed by atoms with Gasteiger partial charge in [-0.2, -0.15) is 0 Å². The average Bonchev–Trinajstić information content (AvgIpc) is 3.30. The largest absolute Gasteiger partial charge is 0.370 e. The van der Waals surface area contributed by atoms with E-state index in [4.69, 9.17) is 0 Å². The molecule has 2 aromatic rings. The van der Waals surface area contributed by atoms with Gasteiger partial charge in [-0.1, -0.05) is 22.0 Å². The Balaban J connectivity index is 1.75. The normalized spacial score (nSPS) is 14.2. The highest BCUT2D eigenvalue weighted by atomic mass is 79.9. The summed E-state index contributed by atoms with van der Waals surface area (Å²) < 4.78 is 1.13. The van der Waals surface area contributed by atoms with Crippen molar-refractivity contribution in [3.8, 4) is 0 Å². The third kappa shape index (κ3) is 4.05. The third-order valence-electron chi connectivity index (χ3n) is 3.75. The first kappa shape index (κ1) is 14.5. The molecule has 3 rings (SSSR count). The van der Waals surface area contributed by atoms with Crippen LogP contribution >= 0.6 is 15.9 Å². The molecule has 0 aliphatic heterocycles. The monoisotopic (exact) mass is 345 g/mol. The molecule has 0 amide bonds. The van der Waals surface area contributed by atoms with Crippen LogP contribution in [0.2, 0.25) is 0 Å². The highest BCUT2D eigenvalue weighted by Gasteiger charge is 2.20. The van der Waals surface area contributed by atoms with Gasteiger partial charge in [0.2, 0.25) is 0 Å². The number of hydrogen-bond donors (Lipinski definition) is 1. The van der Waals surface area contributed by atoms with Crippen LogP contribution in [0.4, 0.5) is 5.69 Å². The van der Waals surface area contributed by atoms with E-state index in [2.05, 4.69) is 62.4 Å². The summed E-state index contributed by atoms with van der Waals surface area (Å²) in [5.41, 5.74) is 3.84. The lowest BCUT2D eigenvalue weighted by Crippen LogP contribution is -2.21. The zero-order chi connectivity index (χ0) is 14.7. The lowest BCUT2D eigenvalue weighted by Gasteiger charge is -2.23. The lowest BCUT2D eigenvalue weighted by molar-refractivity contribution is 0.685. The predicted octanol–water partition coefficient (Wildman–Crippen LogP) is 3.73. The molecule has 3 nitrogen and oxygen atoms in total. The van der Waals surface area contributed by atoms with E-state index in [1.807, 2.05) is 18.5 Å². The van der Waals surface area contributed by atoms with Crippen LogP contribution < -0.4 is 10.2 Å². The van der Waals surface area contributed by atoms with Crippen LogP contribution in [0.25, 0.3) is 0 Å². The Morgan fingerprint density at radius 2 is 2.19 bits per heavy atom. The maximum Gasteiger partial charge on any atom is 0.0441 e. The molecule has 0 atom stereocenters. The first-order valence-electron chi connectivity index (χ1n) is 7.34. The maximum absolute atomic E-state index is 4.19. The summed E-state index contributed by atoms with van der Waals surface area (Å²) in [5.74, 6) is 0. The van der Waals surface area contributed by atoms with Crippen molar-refractivity contribution in [3.63, 3.8) is 0 Å². The molecule has 4 heteroatoms. The summed E-state index contributed by atoms with van der Waals surface area (Å²) in [4.78, 5) is 6.47. The van der Waals surface area contributed by atoms with Gasteiger partial charge in [0, 0.05) is 48.7 Å². The molecule has 0 saturated heterocycles. The standard InChI is InChI=1S/C17H20BrN3/c1-21(12-13-3-2-8-19-10-13)17-7-4-15(18)9-14(17)11-20-16-5-6-16/h2-4,7-10,16,20H,5-6,11-12H2,1H3. The number of pyridine rings is 1. The zero-order valence-electron chi connectivity index (χ0n) is 12.2. The molecule has 21 heavy (non-hydrogen) atoms. The van der Waals surface area contributed by atoms with Crippen LogP contribution in [-0.4, -0.2) is 18.1 Å². The molecule has 0 radical (unpaired) electrons. The number of nitrogens with zero attached hydrogens (tertiary/aromatic N) is 2. The second kappa shape index (κ2) is 6.58. The number of halogens is 1. The van der Waals surface area contributed by atoms with E-state index in [0.29, 0.717) is 0 Å². The Hall–Kier alpha value is -1.39. The van der Waals surface area contributed by atoms with E-state index in [1.54, 1.807) is 0 Å². The molecule has 1 heterocycles. The summed E-state index contributed by atoms with van der Waals surface area (Å²) in [7, 11) is 2.14. The van der Waals surface area contributed by atoms with E-state index in [9.17, 15) is 0 Å². The van der Waals surface area contributed by atoms with Gasteiger partial charge in [-0.05, 0) is 48.2 Å². The van der Waals surface area contributed by atoms with Gasteiger partial charge in [0.05, 0.1) is 0 Å². The van der Waals surface area contributed by atoms with Gasteiger partial charge < -0.3 is 10.2 Å². The highest BCUT2D eigenvalue weighted by molar-refractivity contribution is 9.10. The smallest absolute Gasteiger partial charge is 0.0441 e. The van der Waals surface area contributed by atoms with E-state index >= 15 is 0 Å². The number of hydrogen-bond acceptors (Lipinski definition) is 3. The van der Waals surface area contributed by atoms with Crippen LogP contribution in [0.5, 0.6) is 0 Å². The number of nitrogens with one attached hydrogen (secondary N) is 1. The van der Waals surface area contributed by atoms with Crippen LogP contribution in [0.15, 0.2) is 47.2 Å². The predicted molar refractivity (Wildman–Crippen MR) is 90.3 cm³/mol. The van der Waals surface area contributed by atoms with Crippen LogP contribution in [0.1, 0.15) is 24.0 Å². The summed E-state index contributed by atoms with van der Waals surface area (Å²) in [6.07, 6.45) is 6.37. The molecule has 0 unspecified atom stereocenters. The van der Waals surface area contributed by atoms with Crippen LogP contribution in [-0.2, 0) is 13.1 Å². The first-order chi connectivity index (χ1) is 10.2. The van der Waals surface area contributed by atoms with E-state index in [0.717, 1.165) is 23.6 Å². The number of aromatic nitrogens is 1. The molecule has 1 aromatic carbocycles. The topological polar surface area (TPSA) is 28.2 Å². The number of rotatable bonds is 6. The molecule has 0 spiro atoms. The molecular weight excluding hydrogens is 326 g/mol. The van der Waals surface area contributed by atoms with Crippen molar-refractivity contribution in [1.82, 2.24) is 10.3 Å². The molecule has 1 N–H and O–H groups in total. The molecule has 110 valence electrons. The number of benzene rings is 1. The summed E-state index contributed by atoms with van der Waals surface area (Å²) >= 11 is 3.58. The highest BCUT2D eigenvalue weighted by Crippen LogP contribution is 2.26. The summed E-state index contributed by atoms with van der Waals surface area (Å²) in [6, 6.07) is 11.3. The van der Waals surface area contributed by atoms with Crippen molar-refractivity contribution >= 4 is 21.6 Å². The Bertz CT molecular complexity index is 596. The SMILES string of the molecule is CN(Cc1cccnc1)c1ccc(Br)cc1CNC1CC1. The van der Waals surface area contributed by atoms with Gasteiger partial charge in [-0.25, -0.2) is 0 Å². The fourth-order valence-corrected chi connectivity index (χ4v) is 2.87. The fourth-order valence-electron chi connectivity index (χ4n) is 2.46. The molecule has 0 bridgehead atoms. The van der Waals surface area contributed by atoms with Crippen molar-refractivity contribution < 1.29 is 0 Å². The minimum atomic E-state index is 0.723. The first-order valence-corrected chi connectivity index (χ1v) is 8.13. The molecule has 1 saturated carbocycles. The van der Waals surface area contributed by atoms with Crippen molar-refractivity contribution in [2.75, 3.05) is 11.9 Å². The molecule has 1 aliphatic carbocycles. The number of anilines is 1. The van der Waals surface area contributed by atoms with Gasteiger partial charge in [0.25, 0.3) is 0 Å². The Morgan fingerprint density at radius 3 is 2.90 bits per heavy atom. The summed E-state index contributed by atoms with van der Waals surface area (Å²) in [6.45, 7) is 1.79. The van der Waals surface area contributed by atoms with Crippen molar-refractivity contribution in [2.45, 2.75) is 32.0 Å².